The normalized spacial score (nSPS) is 14.8. The molecule has 0 heterocycles. The van der Waals surface area contributed by atoms with Crippen LogP contribution in [0, 0.1) is 20.8 Å². The highest BCUT2D eigenvalue weighted by atomic mass is 31.2. The van der Waals surface area contributed by atoms with Crippen molar-refractivity contribution < 1.29 is 14.0 Å². The Morgan fingerprint density at radius 1 is 1.25 bits per heavy atom. The Kier molecular flexibility index (Phi) is 4.31. The van der Waals surface area contributed by atoms with Gasteiger partial charge in [-0.15, -0.1) is 0 Å². The topological polar surface area (TPSA) is 46.5 Å². The second kappa shape index (κ2) is 5.13. The van der Waals surface area contributed by atoms with Gasteiger partial charge in [-0.1, -0.05) is 17.7 Å². The lowest BCUT2D eigenvalue weighted by molar-refractivity contribution is 0.272. The van der Waals surface area contributed by atoms with Gasteiger partial charge in [-0.05, 0) is 44.4 Å². The molecule has 3 nitrogen and oxygen atoms in total. The van der Waals surface area contributed by atoms with Crippen molar-refractivity contribution >= 4 is 7.60 Å². The molecule has 1 aromatic carbocycles. The lowest BCUT2D eigenvalue weighted by Gasteiger charge is -2.15. The summed E-state index contributed by atoms with van der Waals surface area (Å²) in [6.07, 6.45) is 0.0960. The van der Waals surface area contributed by atoms with E-state index in [1.807, 2.05) is 32.9 Å². The molecule has 4 heteroatoms. The lowest BCUT2D eigenvalue weighted by atomic mass is 10.0. The zero-order valence-electron chi connectivity index (χ0n) is 10.3. The molecule has 0 bridgehead atoms. The Morgan fingerprint density at radius 3 is 2.19 bits per heavy atom. The van der Waals surface area contributed by atoms with Crippen LogP contribution in [0.4, 0.5) is 0 Å². The van der Waals surface area contributed by atoms with Crippen LogP contribution in [0.25, 0.3) is 0 Å². The molecule has 1 N–H and O–H groups in total. The number of hydrogen-bond donors (Lipinski definition) is 1. The van der Waals surface area contributed by atoms with E-state index in [0.717, 1.165) is 16.7 Å². The van der Waals surface area contributed by atoms with E-state index in [-0.39, 0.29) is 12.8 Å². The first-order valence-corrected chi connectivity index (χ1v) is 7.15. The molecule has 0 spiro atoms. The van der Waals surface area contributed by atoms with Gasteiger partial charge < -0.3 is 9.42 Å². The quantitative estimate of drug-likeness (QED) is 0.824. The highest BCUT2D eigenvalue weighted by Crippen LogP contribution is 2.46. The molecule has 1 unspecified atom stereocenters. The van der Waals surface area contributed by atoms with Crippen molar-refractivity contribution in [1.82, 2.24) is 0 Å². The number of hydrogen-bond acceptors (Lipinski definition) is 2. The zero-order chi connectivity index (χ0) is 12.3. The molecule has 16 heavy (non-hydrogen) atoms. The van der Waals surface area contributed by atoms with Gasteiger partial charge in [0.25, 0.3) is 0 Å². The minimum absolute atomic E-state index is 0.0960. The fourth-order valence-corrected chi connectivity index (χ4v) is 3.30. The van der Waals surface area contributed by atoms with Crippen LogP contribution in [0.15, 0.2) is 12.1 Å². The van der Waals surface area contributed by atoms with Crippen LogP contribution in [0.2, 0.25) is 0 Å². The Labute approximate surface area is 97.0 Å². The largest absolute Gasteiger partial charge is 0.332 e. The predicted molar refractivity (Wildman–Crippen MR) is 65.8 cm³/mol. The Balaban J connectivity index is 3.02. The van der Waals surface area contributed by atoms with Gasteiger partial charge in [-0.2, -0.15) is 0 Å². The first-order chi connectivity index (χ1) is 7.35. The van der Waals surface area contributed by atoms with Gasteiger partial charge in [-0.3, -0.25) is 4.57 Å². The van der Waals surface area contributed by atoms with Crippen molar-refractivity contribution in [3.05, 3.63) is 34.4 Å². The van der Waals surface area contributed by atoms with Gasteiger partial charge in [-0.25, -0.2) is 0 Å². The number of benzene rings is 1. The molecule has 0 saturated carbocycles. The number of aryl methyl sites for hydroxylation is 3. The highest BCUT2D eigenvalue weighted by molar-refractivity contribution is 7.51. The van der Waals surface area contributed by atoms with Crippen molar-refractivity contribution in [1.29, 1.82) is 0 Å². The van der Waals surface area contributed by atoms with E-state index in [1.54, 1.807) is 6.92 Å². The van der Waals surface area contributed by atoms with Crippen LogP contribution in [0.5, 0.6) is 0 Å². The molecule has 0 aliphatic rings. The van der Waals surface area contributed by atoms with Crippen molar-refractivity contribution in [2.24, 2.45) is 0 Å². The monoisotopic (exact) mass is 242 g/mol. The third-order valence-electron chi connectivity index (χ3n) is 2.53. The number of rotatable bonds is 4. The van der Waals surface area contributed by atoms with Crippen molar-refractivity contribution in [3.8, 4) is 0 Å². The minimum atomic E-state index is -3.48. The van der Waals surface area contributed by atoms with Crippen molar-refractivity contribution in [2.45, 2.75) is 33.9 Å². The van der Waals surface area contributed by atoms with Crippen molar-refractivity contribution in [2.75, 3.05) is 6.61 Å². The second-order valence-corrected chi connectivity index (χ2v) is 5.94. The van der Waals surface area contributed by atoms with Crippen LogP contribution < -0.4 is 0 Å². The predicted octanol–water partition coefficient (Wildman–Crippen LogP) is 3.33. The summed E-state index contributed by atoms with van der Waals surface area (Å²) >= 11 is 0. The summed E-state index contributed by atoms with van der Waals surface area (Å²) in [6, 6.07) is 4.04. The van der Waals surface area contributed by atoms with Crippen LogP contribution in [-0.4, -0.2) is 11.5 Å². The first-order valence-electron chi connectivity index (χ1n) is 5.39. The molecule has 0 aliphatic heterocycles. The van der Waals surface area contributed by atoms with Gasteiger partial charge in [0, 0.05) is 0 Å². The van der Waals surface area contributed by atoms with Crippen LogP contribution in [-0.2, 0) is 15.3 Å². The SMILES string of the molecule is CCOP(=O)(O)Cc1c(C)cc(C)cc1C. The molecule has 1 atom stereocenters. The fourth-order valence-electron chi connectivity index (χ4n) is 1.91. The molecule has 90 valence electrons. The Hall–Kier alpha value is -0.630. The summed E-state index contributed by atoms with van der Waals surface area (Å²) < 4.78 is 16.6. The summed E-state index contributed by atoms with van der Waals surface area (Å²) in [6.45, 7) is 7.92. The molecule has 0 aromatic heterocycles. The average Bonchev–Trinajstić information content (AvgIpc) is 2.11. The maximum atomic E-state index is 11.7. The maximum Gasteiger partial charge on any atom is 0.332 e. The second-order valence-electron chi connectivity index (χ2n) is 4.09. The third kappa shape index (κ3) is 3.44. The van der Waals surface area contributed by atoms with Crippen LogP contribution in [0.1, 0.15) is 29.2 Å². The van der Waals surface area contributed by atoms with Gasteiger partial charge in [0.1, 0.15) is 0 Å². The summed E-state index contributed by atoms with van der Waals surface area (Å²) in [7, 11) is -3.48. The molecule has 0 amide bonds. The Bertz CT molecular complexity index is 403. The first kappa shape index (κ1) is 13.4. The fraction of sp³-hybridized carbons (Fsp3) is 0.500. The van der Waals surface area contributed by atoms with E-state index in [2.05, 4.69) is 0 Å². The molecule has 0 fully saturated rings. The molecular formula is C12H19O3P. The smallest absolute Gasteiger partial charge is 0.324 e. The van der Waals surface area contributed by atoms with E-state index < -0.39 is 7.60 Å². The van der Waals surface area contributed by atoms with Crippen LogP contribution in [0.3, 0.4) is 0 Å². The van der Waals surface area contributed by atoms with Gasteiger partial charge in [0.05, 0.1) is 12.8 Å². The molecule has 0 saturated heterocycles. The molecule has 0 radical (unpaired) electrons. The van der Waals surface area contributed by atoms with Crippen molar-refractivity contribution in [3.63, 3.8) is 0 Å². The van der Waals surface area contributed by atoms with Gasteiger partial charge in [0.15, 0.2) is 0 Å². The van der Waals surface area contributed by atoms with Gasteiger partial charge in [0.2, 0.25) is 0 Å². The molecule has 1 rings (SSSR count). The van der Waals surface area contributed by atoms with E-state index in [0.29, 0.717) is 0 Å². The summed E-state index contributed by atoms with van der Waals surface area (Å²) in [4.78, 5) is 9.62. The van der Waals surface area contributed by atoms with E-state index in [9.17, 15) is 9.46 Å². The maximum absolute atomic E-state index is 11.7. The van der Waals surface area contributed by atoms with E-state index in [4.69, 9.17) is 4.52 Å². The molecule has 1 aromatic rings. The average molecular weight is 242 g/mol. The highest BCUT2D eigenvalue weighted by Gasteiger charge is 2.21. The van der Waals surface area contributed by atoms with E-state index >= 15 is 0 Å². The van der Waals surface area contributed by atoms with Gasteiger partial charge >= 0.3 is 7.60 Å². The Morgan fingerprint density at radius 2 is 1.75 bits per heavy atom. The lowest BCUT2D eigenvalue weighted by Crippen LogP contribution is -1.99. The minimum Gasteiger partial charge on any atom is -0.324 e. The molecular weight excluding hydrogens is 223 g/mol. The zero-order valence-corrected chi connectivity index (χ0v) is 11.2. The summed E-state index contributed by atoms with van der Waals surface area (Å²) in [5, 5.41) is 0. The third-order valence-corrected chi connectivity index (χ3v) is 3.91. The van der Waals surface area contributed by atoms with Crippen LogP contribution >= 0.6 is 7.60 Å². The molecule has 0 aliphatic carbocycles. The standard InChI is InChI=1S/C12H19O3P/c1-5-15-16(13,14)8-12-10(3)6-9(2)7-11(12)4/h6-7H,5,8H2,1-4H3,(H,13,14). The summed E-state index contributed by atoms with van der Waals surface area (Å²) in [5.41, 5.74) is 4.19. The van der Waals surface area contributed by atoms with E-state index in [1.165, 1.54) is 5.56 Å². The summed E-state index contributed by atoms with van der Waals surface area (Å²) in [5.74, 6) is 0.